The SMILES string of the molecule is c1ccc(-c2nc(-c3ccccc3-c3ccc4c(c3)C3(c5ccccc5-c5ccccc53)c3ccccc3-4)nc(-c3cccc4oc5ccccc5c34)n2)cc1. The van der Waals surface area contributed by atoms with Gasteiger partial charge in [-0.3, -0.25) is 0 Å². The van der Waals surface area contributed by atoms with Gasteiger partial charge in [0.1, 0.15) is 11.2 Å². The second-order valence-corrected chi connectivity index (χ2v) is 14.6. The molecule has 4 nitrogen and oxygen atoms in total. The molecule has 0 unspecified atom stereocenters. The van der Waals surface area contributed by atoms with Crippen LogP contribution >= 0.6 is 0 Å². The number of benzene rings is 8. The van der Waals surface area contributed by atoms with Gasteiger partial charge in [-0.05, 0) is 73.8 Å². The van der Waals surface area contributed by atoms with Gasteiger partial charge < -0.3 is 4.42 Å². The van der Waals surface area contributed by atoms with Crippen LogP contribution in [-0.4, -0.2) is 15.0 Å². The number of fused-ring (bicyclic) bond motifs is 13. The number of para-hydroxylation sites is 1. The van der Waals surface area contributed by atoms with E-state index in [1.807, 2.05) is 48.5 Å². The normalized spacial score (nSPS) is 13.1. The van der Waals surface area contributed by atoms with Gasteiger partial charge in [-0.1, -0.05) is 170 Å². The fourth-order valence-electron chi connectivity index (χ4n) is 9.49. The number of hydrogen-bond donors (Lipinski definition) is 0. The van der Waals surface area contributed by atoms with Gasteiger partial charge in [-0.25, -0.2) is 15.0 Å². The van der Waals surface area contributed by atoms with Crippen LogP contribution in [0.15, 0.2) is 192 Å². The smallest absolute Gasteiger partial charge is 0.164 e. The minimum atomic E-state index is -0.434. The zero-order valence-corrected chi connectivity index (χ0v) is 30.1. The van der Waals surface area contributed by atoms with E-state index >= 15 is 0 Å². The van der Waals surface area contributed by atoms with Gasteiger partial charge in [0.05, 0.1) is 5.41 Å². The van der Waals surface area contributed by atoms with Gasteiger partial charge >= 0.3 is 0 Å². The Morgan fingerprint density at radius 2 is 0.821 bits per heavy atom. The molecule has 0 bridgehead atoms. The Hall–Kier alpha value is -7.43. The van der Waals surface area contributed by atoms with Gasteiger partial charge in [-0.15, -0.1) is 0 Å². The lowest BCUT2D eigenvalue weighted by Gasteiger charge is -2.30. The summed E-state index contributed by atoms with van der Waals surface area (Å²) in [6, 6.07) is 66.7. The molecule has 0 saturated heterocycles. The zero-order valence-electron chi connectivity index (χ0n) is 30.1. The van der Waals surface area contributed by atoms with E-state index in [2.05, 4.69) is 140 Å². The minimum Gasteiger partial charge on any atom is -0.456 e. The molecule has 12 rings (SSSR count). The van der Waals surface area contributed by atoms with E-state index in [0.717, 1.165) is 49.8 Å². The largest absolute Gasteiger partial charge is 0.456 e. The second-order valence-electron chi connectivity index (χ2n) is 14.6. The molecular weight excluding hydrogens is 683 g/mol. The third kappa shape index (κ3) is 4.27. The van der Waals surface area contributed by atoms with Crippen LogP contribution in [0.5, 0.6) is 0 Å². The predicted octanol–water partition coefficient (Wildman–Crippen LogP) is 12.8. The van der Waals surface area contributed by atoms with Crippen molar-refractivity contribution >= 4 is 21.9 Å². The Bertz CT molecular complexity index is 3150. The molecule has 2 aliphatic carbocycles. The maximum Gasteiger partial charge on any atom is 0.164 e. The van der Waals surface area contributed by atoms with Crippen molar-refractivity contribution in [3.05, 3.63) is 210 Å². The summed E-state index contributed by atoms with van der Waals surface area (Å²) in [5.74, 6) is 1.83. The highest BCUT2D eigenvalue weighted by molar-refractivity contribution is 6.11. The Morgan fingerprint density at radius 1 is 0.321 bits per heavy atom. The van der Waals surface area contributed by atoms with Crippen LogP contribution in [0, 0.1) is 0 Å². The summed E-state index contributed by atoms with van der Waals surface area (Å²) in [7, 11) is 0. The lowest BCUT2D eigenvalue weighted by Crippen LogP contribution is -2.25. The fraction of sp³-hybridized carbons (Fsp3) is 0.0192. The van der Waals surface area contributed by atoms with Crippen LogP contribution in [-0.2, 0) is 5.41 Å². The summed E-state index contributed by atoms with van der Waals surface area (Å²) in [6.45, 7) is 0. The molecule has 0 amide bonds. The van der Waals surface area contributed by atoms with E-state index in [4.69, 9.17) is 19.4 Å². The molecule has 1 spiro atoms. The van der Waals surface area contributed by atoms with Crippen molar-refractivity contribution in [1.29, 1.82) is 0 Å². The van der Waals surface area contributed by atoms with Crippen molar-refractivity contribution in [2.45, 2.75) is 5.41 Å². The highest BCUT2D eigenvalue weighted by atomic mass is 16.3. The van der Waals surface area contributed by atoms with Crippen molar-refractivity contribution in [2.24, 2.45) is 0 Å². The highest BCUT2D eigenvalue weighted by Gasteiger charge is 2.51. The summed E-state index contributed by atoms with van der Waals surface area (Å²) in [6.07, 6.45) is 0. The lowest BCUT2D eigenvalue weighted by molar-refractivity contribution is 0.669. The van der Waals surface area contributed by atoms with Crippen molar-refractivity contribution in [3.8, 4) is 67.5 Å². The highest BCUT2D eigenvalue weighted by Crippen LogP contribution is 2.63. The number of furan rings is 1. The van der Waals surface area contributed by atoms with E-state index < -0.39 is 5.41 Å². The Labute approximate surface area is 323 Å². The topological polar surface area (TPSA) is 51.8 Å². The van der Waals surface area contributed by atoms with Crippen LogP contribution in [0.1, 0.15) is 22.3 Å². The van der Waals surface area contributed by atoms with Gasteiger partial charge in [0.2, 0.25) is 0 Å². The quantitative estimate of drug-likeness (QED) is 0.182. The molecule has 2 aliphatic rings. The average Bonchev–Trinajstić information content (AvgIpc) is 3.91. The lowest BCUT2D eigenvalue weighted by atomic mass is 9.70. The summed E-state index contributed by atoms with van der Waals surface area (Å²) in [4.78, 5) is 15.6. The molecule has 260 valence electrons. The predicted molar refractivity (Wildman–Crippen MR) is 225 cm³/mol. The maximum atomic E-state index is 6.29. The second kappa shape index (κ2) is 11.8. The summed E-state index contributed by atoms with van der Waals surface area (Å²) >= 11 is 0. The summed E-state index contributed by atoms with van der Waals surface area (Å²) < 4.78 is 6.29. The molecule has 0 aliphatic heterocycles. The van der Waals surface area contributed by atoms with E-state index in [0.29, 0.717) is 17.5 Å². The van der Waals surface area contributed by atoms with Gasteiger partial charge in [0.15, 0.2) is 17.5 Å². The monoisotopic (exact) mass is 713 g/mol. The Balaban J connectivity index is 1.09. The van der Waals surface area contributed by atoms with Gasteiger partial charge in [0.25, 0.3) is 0 Å². The van der Waals surface area contributed by atoms with Crippen molar-refractivity contribution in [2.75, 3.05) is 0 Å². The van der Waals surface area contributed by atoms with Crippen molar-refractivity contribution < 1.29 is 4.42 Å². The van der Waals surface area contributed by atoms with Crippen LogP contribution in [0.3, 0.4) is 0 Å². The molecule has 0 atom stereocenters. The number of nitrogens with zero attached hydrogens (tertiary/aromatic N) is 3. The average molecular weight is 714 g/mol. The Morgan fingerprint density at radius 3 is 1.52 bits per heavy atom. The van der Waals surface area contributed by atoms with Crippen molar-refractivity contribution in [3.63, 3.8) is 0 Å². The van der Waals surface area contributed by atoms with Crippen LogP contribution in [0.25, 0.3) is 89.5 Å². The molecule has 2 heterocycles. The van der Waals surface area contributed by atoms with E-state index in [-0.39, 0.29) is 0 Å². The molecular formula is C52H31N3O. The molecule has 0 saturated carbocycles. The standard InChI is InChI=1S/C52H31N3O/c1-2-15-32(16-3-1)49-53-50(55-51(54-49)41-23-14-28-47-48(41)40-22-9-13-27-46(40)56-47)39-21-5-4-17-34(39)33-29-30-38-37-20-8-12-26-44(37)52(45(38)31-33)42-24-10-6-18-35(42)36-19-7-11-25-43(36)52/h1-31H. The first-order valence-electron chi connectivity index (χ1n) is 19.0. The first kappa shape index (κ1) is 31.0. The third-order valence-electron chi connectivity index (χ3n) is 11.8. The van der Waals surface area contributed by atoms with Crippen molar-refractivity contribution in [1.82, 2.24) is 15.0 Å². The number of hydrogen-bond acceptors (Lipinski definition) is 4. The molecule has 8 aromatic carbocycles. The van der Waals surface area contributed by atoms with E-state index in [1.54, 1.807) is 0 Å². The minimum absolute atomic E-state index is 0.434. The first-order chi connectivity index (χ1) is 27.8. The third-order valence-corrected chi connectivity index (χ3v) is 11.8. The molecule has 0 fully saturated rings. The zero-order chi connectivity index (χ0) is 36.8. The fourth-order valence-corrected chi connectivity index (χ4v) is 9.49. The molecule has 2 aromatic heterocycles. The Kier molecular flexibility index (Phi) is 6.52. The van der Waals surface area contributed by atoms with Gasteiger partial charge in [-0.2, -0.15) is 0 Å². The number of aromatic nitrogens is 3. The molecule has 10 aromatic rings. The van der Waals surface area contributed by atoms with Crippen LogP contribution in [0.2, 0.25) is 0 Å². The molecule has 56 heavy (non-hydrogen) atoms. The van der Waals surface area contributed by atoms with Gasteiger partial charge in [0, 0.05) is 27.5 Å². The first-order valence-corrected chi connectivity index (χ1v) is 19.0. The van der Waals surface area contributed by atoms with E-state index in [1.165, 1.54) is 44.5 Å². The molecule has 0 N–H and O–H groups in total. The van der Waals surface area contributed by atoms with Crippen LogP contribution in [0.4, 0.5) is 0 Å². The molecule has 4 heteroatoms. The molecule has 0 radical (unpaired) electrons. The summed E-state index contributed by atoms with van der Waals surface area (Å²) in [5.41, 5.74) is 16.6. The van der Waals surface area contributed by atoms with Crippen LogP contribution < -0.4 is 0 Å². The summed E-state index contributed by atoms with van der Waals surface area (Å²) in [5, 5.41) is 2.03. The van der Waals surface area contributed by atoms with E-state index in [9.17, 15) is 0 Å². The maximum absolute atomic E-state index is 6.29. The number of rotatable bonds is 4.